The molecule has 1 aliphatic rings. The van der Waals surface area contributed by atoms with Crippen LogP contribution < -0.4 is 16.4 Å². The molecule has 0 radical (unpaired) electrons. The maximum atomic E-state index is 13.7. The molecule has 1 aliphatic carbocycles. The van der Waals surface area contributed by atoms with Crippen LogP contribution in [0, 0.1) is 18.8 Å². The molecule has 1 atom stereocenters. The first-order chi connectivity index (χ1) is 22.0. The van der Waals surface area contributed by atoms with Gasteiger partial charge in [0.1, 0.15) is 6.04 Å². The minimum Gasteiger partial charge on any atom is -0.344 e. The Morgan fingerprint density at radius 3 is 2.37 bits per heavy atom. The first kappa shape index (κ1) is 32.9. The number of benzene rings is 3. The quantitative estimate of drug-likeness (QED) is 0.192. The van der Waals surface area contributed by atoms with Crippen molar-refractivity contribution in [3.63, 3.8) is 0 Å². The number of amides is 2. The number of aromatic amines is 1. The molecule has 0 saturated heterocycles. The van der Waals surface area contributed by atoms with Gasteiger partial charge in [0, 0.05) is 37.7 Å². The van der Waals surface area contributed by atoms with Crippen molar-refractivity contribution >= 4 is 27.5 Å². The largest absolute Gasteiger partial charge is 0.344 e. The maximum Gasteiger partial charge on any atom is 0.247 e. The van der Waals surface area contributed by atoms with Crippen LogP contribution >= 0.6 is 0 Å². The molecule has 5 rings (SSSR count). The van der Waals surface area contributed by atoms with Crippen molar-refractivity contribution in [3.8, 4) is 22.5 Å². The predicted octanol–water partition coefficient (Wildman–Crippen LogP) is 3.52. The lowest BCUT2D eigenvalue weighted by atomic mass is 9.81. The molecule has 3 aromatic carbocycles. The fraction of sp³-hybridized carbons (Fsp3) is 0.364. The summed E-state index contributed by atoms with van der Waals surface area (Å²) in [5.74, 6) is 0.237. The Morgan fingerprint density at radius 2 is 1.74 bits per heavy atom. The minimum absolute atomic E-state index is 0.132. The third kappa shape index (κ3) is 7.66. The molecule has 0 bridgehead atoms. The fourth-order valence-corrected chi connectivity index (χ4v) is 6.80. The molecule has 0 aliphatic heterocycles. The van der Waals surface area contributed by atoms with Crippen LogP contribution in [0.4, 0.5) is 5.69 Å². The van der Waals surface area contributed by atoms with Crippen molar-refractivity contribution in [2.45, 2.75) is 50.0 Å². The third-order valence-electron chi connectivity index (χ3n) is 8.59. The van der Waals surface area contributed by atoms with Gasteiger partial charge in [-0.3, -0.25) is 9.59 Å². The monoisotopic (exact) mass is 644 g/mol. The Morgan fingerprint density at radius 1 is 1.00 bits per heavy atom. The Labute approximate surface area is 269 Å². The predicted molar refractivity (Wildman–Crippen MR) is 176 cm³/mol. The molecular formula is C33H40N8O4S. The molecule has 46 heavy (non-hydrogen) atoms. The molecule has 1 aromatic heterocycles. The average Bonchev–Trinajstić information content (AvgIpc) is 3.60. The number of nitrogens with two attached hydrogens (primary N) is 1. The van der Waals surface area contributed by atoms with E-state index in [0.29, 0.717) is 24.0 Å². The summed E-state index contributed by atoms with van der Waals surface area (Å²) in [5.41, 5.74) is 10.6. The zero-order valence-electron chi connectivity index (χ0n) is 26.2. The summed E-state index contributed by atoms with van der Waals surface area (Å²) in [4.78, 5) is 27.3. The molecule has 5 N–H and O–H groups in total. The highest BCUT2D eigenvalue weighted by molar-refractivity contribution is 7.89. The maximum absolute atomic E-state index is 13.7. The van der Waals surface area contributed by atoms with Gasteiger partial charge in [-0.05, 0) is 109 Å². The fourth-order valence-electron chi connectivity index (χ4n) is 5.81. The molecule has 13 heteroatoms. The van der Waals surface area contributed by atoms with Gasteiger partial charge in [-0.1, -0.05) is 30.3 Å². The second-order valence-corrected chi connectivity index (χ2v) is 14.1. The van der Waals surface area contributed by atoms with Crippen LogP contribution in [0.25, 0.3) is 22.5 Å². The van der Waals surface area contributed by atoms with Gasteiger partial charge in [0.2, 0.25) is 27.7 Å². The van der Waals surface area contributed by atoms with Gasteiger partial charge in [0.25, 0.3) is 0 Å². The summed E-state index contributed by atoms with van der Waals surface area (Å²) in [7, 11) is -0.558. The smallest absolute Gasteiger partial charge is 0.247 e. The number of rotatable bonds is 11. The standard InChI is InChI=1S/C33H40N8O4S/c1-21-17-28(46(44,45)41(2)3)15-16-29(21)26-6-4-5-23(18-26)19-30(36-32(42)25-9-7-22(20-34)8-10-25)33(43)35-27-13-11-24(12-14-27)31-37-39-40-38-31/h4-6,11-18,22,25,30H,7-10,19-20,34H2,1-3H3,(H,35,43)(H,36,42)(H,37,38,39,40)/t22?,25?,30-/m0/s1. The number of carbonyl (C=O) groups is 2. The summed E-state index contributed by atoms with van der Waals surface area (Å²) in [5, 5.41) is 19.9. The van der Waals surface area contributed by atoms with Crippen LogP contribution in [0.3, 0.4) is 0 Å². The highest BCUT2D eigenvalue weighted by atomic mass is 32.2. The summed E-state index contributed by atoms with van der Waals surface area (Å²) in [6.45, 7) is 2.49. The highest BCUT2D eigenvalue weighted by Gasteiger charge is 2.29. The number of aromatic nitrogens is 4. The van der Waals surface area contributed by atoms with E-state index in [4.69, 9.17) is 5.73 Å². The molecule has 12 nitrogen and oxygen atoms in total. The van der Waals surface area contributed by atoms with E-state index in [1.807, 2.05) is 31.2 Å². The number of carbonyl (C=O) groups excluding carboxylic acids is 2. The molecule has 4 aromatic rings. The number of hydrogen-bond acceptors (Lipinski definition) is 8. The van der Waals surface area contributed by atoms with Crippen molar-refractivity contribution in [3.05, 3.63) is 77.9 Å². The van der Waals surface area contributed by atoms with Crippen molar-refractivity contribution < 1.29 is 18.0 Å². The Bertz CT molecular complexity index is 1770. The Hall–Kier alpha value is -4.46. The number of sulfonamides is 1. The Kier molecular flexibility index (Phi) is 10.2. The van der Waals surface area contributed by atoms with E-state index in [1.165, 1.54) is 18.4 Å². The molecule has 2 amide bonds. The van der Waals surface area contributed by atoms with Gasteiger partial charge in [0.05, 0.1) is 4.90 Å². The zero-order chi connectivity index (χ0) is 32.8. The minimum atomic E-state index is -3.57. The van der Waals surface area contributed by atoms with E-state index in [-0.39, 0.29) is 29.0 Å². The van der Waals surface area contributed by atoms with Crippen molar-refractivity contribution in [1.82, 2.24) is 30.2 Å². The third-order valence-corrected chi connectivity index (χ3v) is 10.4. The topological polar surface area (TPSA) is 176 Å². The van der Waals surface area contributed by atoms with E-state index < -0.39 is 16.1 Å². The van der Waals surface area contributed by atoms with Crippen LogP contribution in [0.5, 0.6) is 0 Å². The number of hydrogen-bond donors (Lipinski definition) is 4. The van der Waals surface area contributed by atoms with E-state index in [1.54, 1.807) is 42.5 Å². The van der Waals surface area contributed by atoms with Gasteiger partial charge in [0.15, 0.2) is 0 Å². The second kappa shape index (κ2) is 14.3. The molecule has 1 fully saturated rings. The van der Waals surface area contributed by atoms with Crippen LogP contribution in [0.2, 0.25) is 0 Å². The molecular weight excluding hydrogens is 604 g/mol. The lowest BCUT2D eigenvalue weighted by molar-refractivity contribution is -0.130. The van der Waals surface area contributed by atoms with Crippen LogP contribution in [-0.2, 0) is 26.0 Å². The molecule has 1 saturated carbocycles. The van der Waals surface area contributed by atoms with Crippen LogP contribution in [0.15, 0.2) is 71.6 Å². The summed E-state index contributed by atoms with van der Waals surface area (Å²) in [6, 6.07) is 19.0. The van der Waals surface area contributed by atoms with Gasteiger partial charge < -0.3 is 16.4 Å². The summed E-state index contributed by atoms with van der Waals surface area (Å²) in [6.07, 6.45) is 3.54. The van der Waals surface area contributed by atoms with E-state index >= 15 is 0 Å². The lowest BCUT2D eigenvalue weighted by Gasteiger charge is -2.28. The summed E-state index contributed by atoms with van der Waals surface area (Å²) < 4.78 is 26.5. The molecule has 242 valence electrons. The first-order valence-electron chi connectivity index (χ1n) is 15.3. The molecule has 0 unspecified atom stereocenters. The van der Waals surface area contributed by atoms with Crippen LogP contribution in [-0.4, -0.2) is 71.8 Å². The van der Waals surface area contributed by atoms with Gasteiger partial charge in [-0.25, -0.2) is 12.7 Å². The molecule has 1 heterocycles. The number of nitrogens with one attached hydrogen (secondary N) is 3. The first-order valence-corrected chi connectivity index (χ1v) is 16.8. The van der Waals surface area contributed by atoms with E-state index in [0.717, 1.165) is 53.5 Å². The zero-order valence-corrected chi connectivity index (χ0v) is 27.0. The van der Waals surface area contributed by atoms with E-state index in [2.05, 4.69) is 31.3 Å². The average molecular weight is 645 g/mol. The van der Waals surface area contributed by atoms with E-state index in [9.17, 15) is 18.0 Å². The number of nitrogens with zero attached hydrogens (tertiary/aromatic N) is 4. The number of anilines is 1. The van der Waals surface area contributed by atoms with Crippen molar-refractivity contribution in [2.75, 3.05) is 26.0 Å². The number of aryl methyl sites for hydroxylation is 1. The van der Waals surface area contributed by atoms with Crippen LogP contribution in [0.1, 0.15) is 36.8 Å². The SMILES string of the molecule is Cc1cc(S(=O)(=O)N(C)C)ccc1-c1cccc(C[C@H](NC(=O)C2CCC(CN)CC2)C(=O)Nc2ccc(-c3nn[nH]n3)cc2)c1. The number of H-pyrrole nitrogens is 1. The van der Waals surface area contributed by atoms with Gasteiger partial charge >= 0.3 is 0 Å². The second-order valence-electron chi connectivity index (χ2n) is 12.0. The molecule has 0 spiro atoms. The van der Waals surface area contributed by atoms with Gasteiger partial charge in [-0.2, -0.15) is 5.21 Å². The summed E-state index contributed by atoms with van der Waals surface area (Å²) >= 11 is 0. The number of tetrazole rings is 1. The highest BCUT2D eigenvalue weighted by Crippen LogP contribution is 2.30. The van der Waals surface area contributed by atoms with Crippen molar-refractivity contribution in [2.24, 2.45) is 17.6 Å². The Balaban J connectivity index is 1.36. The normalized spacial score (nSPS) is 17.4. The van der Waals surface area contributed by atoms with Gasteiger partial charge in [-0.15, -0.1) is 10.2 Å². The van der Waals surface area contributed by atoms with Crippen molar-refractivity contribution in [1.29, 1.82) is 0 Å². The lowest BCUT2D eigenvalue weighted by Crippen LogP contribution is -2.48.